The predicted molar refractivity (Wildman–Crippen MR) is 78.9 cm³/mol. The molecule has 0 saturated heterocycles. The van der Waals surface area contributed by atoms with Gasteiger partial charge in [0.25, 0.3) is 0 Å². The van der Waals surface area contributed by atoms with E-state index in [4.69, 9.17) is 0 Å². The van der Waals surface area contributed by atoms with Gasteiger partial charge in [0.2, 0.25) is 0 Å². The minimum Gasteiger partial charge on any atom is -0.361 e. The van der Waals surface area contributed by atoms with Gasteiger partial charge in [0.05, 0.1) is 0 Å². The number of fused-ring (bicyclic) bond motifs is 1. The van der Waals surface area contributed by atoms with E-state index in [9.17, 15) is 4.39 Å². The zero-order chi connectivity index (χ0) is 13.7. The molecule has 0 aliphatic rings. The van der Waals surface area contributed by atoms with Gasteiger partial charge in [0.15, 0.2) is 0 Å². The maximum absolute atomic E-state index is 13.3. The molecule has 0 atom stereocenters. The average molecular weight is 260 g/mol. The van der Waals surface area contributed by atoms with E-state index in [0.717, 1.165) is 43.4 Å². The molecule has 0 fully saturated rings. The quantitative estimate of drug-likeness (QED) is 0.751. The molecule has 0 bridgehead atoms. The summed E-state index contributed by atoms with van der Waals surface area (Å²) in [4.78, 5) is 5.56. The second kappa shape index (κ2) is 6.53. The Hall–Kier alpha value is -1.61. The highest BCUT2D eigenvalue weighted by atomic mass is 19.1. The lowest BCUT2D eigenvalue weighted by molar-refractivity contribution is 0.307. The summed E-state index contributed by atoms with van der Waals surface area (Å²) in [6.45, 7) is 8.92. The third-order valence-corrected chi connectivity index (χ3v) is 3.35. The van der Waals surface area contributed by atoms with Gasteiger partial charge < -0.3 is 4.98 Å². The van der Waals surface area contributed by atoms with Crippen LogP contribution >= 0.6 is 0 Å². The Bertz CT molecular complexity index is 545. The average Bonchev–Trinajstić information content (AvgIpc) is 2.79. The molecular weight excluding hydrogens is 239 g/mol. The number of aromatic nitrogens is 1. The van der Waals surface area contributed by atoms with Crippen LogP contribution in [0.1, 0.15) is 18.9 Å². The molecule has 0 aliphatic carbocycles. The lowest BCUT2D eigenvalue weighted by atomic mass is 10.1. The van der Waals surface area contributed by atoms with Gasteiger partial charge in [0.1, 0.15) is 5.82 Å². The molecular formula is C16H21FN2. The Morgan fingerprint density at radius 1 is 1.37 bits per heavy atom. The van der Waals surface area contributed by atoms with Gasteiger partial charge in [-0.2, -0.15) is 0 Å². The predicted octanol–water partition coefficient (Wildman–Crippen LogP) is 3.75. The van der Waals surface area contributed by atoms with Gasteiger partial charge in [-0.15, -0.1) is 6.58 Å². The van der Waals surface area contributed by atoms with Crippen LogP contribution in [-0.4, -0.2) is 29.5 Å². The summed E-state index contributed by atoms with van der Waals surface area (Å²) in [6.07, 6.45) is 5.99. The van der Waals surface area contributed by atoms with E-state index in [2.05, 4.69) is 23.4 Å². The summed E-state index contributed by atoms with van der Waals surface area (Å²) in [5, 5.41) is 0.995. The van der Waals surface area contributed by atoms with Crippen molar-refractivity contribution in [2.75, 3.05) is 19.6 Å². The normalized spacial score (nSPS) is 11.3. The molecule has 1 aromatic carbocycles. The first-order chi connectivity index (χ1) is 9.24. The molecule has 1 aromatic heterocycles. The highest BCUT2D eigenvalue weighted by molar-refractivity contribution is 5.83. The van der Waals surface area contributed by atoms with Gasteiger partial charge in [-0.3, -0.25) is 4.90 Å². The van der Waals surface area contributed by atoms with E-state index < -0.39 is 0 Å². The molecule has 0 aliphatic heterocycles. The maximum atomic E-state index is 13.3. The van der Waals surface area contributed by atoms with Crippen molar-refractivity contribution in [2.45, 2.75) is 19.8 Å². The number of aromatic amines is 1. The minimum absolute atomic E-state index is 0.176. The van der Waals surface area contributed by atoms with Crippen molar-refractivity contribution < 1.29 is 4.39 Å². The molecule has 2 rings (SSSR count). The van der Waals surface area contributed by atoms with Crippen molar-refractivity contribution in [2.24, 2.45) is 0 Å². The number of nitrogens with one attached hydrogen (secondary N) is 1. The molecule has 2 nitrogen and oxygen atoms in total. The van der Waals surface area contributed by atoms with Gasteiger partial charge in [-0.05, 0) is 43.1 Å². The molecule has 0 amide bonds. The Morgan fingerprint density at radius 3 is 2.95 bits per heavy atom. The monoisotopic (exact) mass is 260 g/mol. The molecule has 3 heteroatoms. The van der Waals surface area contributed by atoms with Crippen LogP contribution in [0.3, 0.4) is 0 Å². The second-order valence-corrected chi connectivity index (χ2v) is 4.84. The fourth-order valence-corrected chi connectivity index (χ4v) is 2.43. The SMILES string of the molecule is C=CCN(CCC)CCc1c[nH]c2ccc(F)cc12. The molecule has 2 aromatic rings. The summed E-state index contributed by atoms with van der Waals surface area (Å²) in [5.74, 6) is -0.176. The first-order valence-electron chi connectivity index (χ1n) is 6.83. The van der Waals surface area contributed by atoms with Crippen LogP contribution in [0.5, 0.6) is 0 Å². The van der Waals surface area contributed by atoms with Crippen molar-refractivity contribution in [3.63, 3.8) is 0 Å². The molecule has 0 unspecified atom stereocenters. The molecule has 19 heavy (non-hydrogen) atoms. The van der Waals surface area contributed by atoms with Gasteiger partial charge >= 0.3 is 0 Å². The Balaban J connectivity index is 2.08. The number of rotatable bonds is 7. The fraction of sp³-hybridized carbons (Fsp3) is 0.375. The number of H-pyrrole nitrogens is 1. The first kappa shape index (κ1) is 13.8. The van der Waals surface area contributed by atoms with Crippen molar-refractivity contribution >= 4 is 10.9 Å². The van der Waals surface area contributed by atoms with Crippen LogP contribution < -0.4 is 0 Å². The van der Waals surface area contributed by atoms with Crippen LogP contribution in [-0.2, 0) is 6.42 Å². The largest absolute Gasteiger partial charge is 0.361 e. The van der Waals surface area contributed by atoms with Crippen molar-refractivity contribution in [1.29, 1.82) is 0 Å². The fourth-order valence-electron chi connectivity index (χ4n) is 2.43. The number of hydrogen-bond donors (Lipinski definition) is 1. The standard InChI is InChI=1S/C16H21FN2/c1-3-8-19(9-4-2)10-7-13-12-18-16-6-5-14(17)11-15(13)16/h3,5-6,11-12,18H,1,4,7-10H2,2H3. The smallest absolute Gasteiger partial charge is 0.123 e. The number of hydrogen-bond acceptors (Lipinski definition) is 1. The van der Waals surface area contributed by atoms with E-state index in [1.165, 1.54) is 11.6 Å². The zero-order valence-corrected chi connectivity index (χ0v) is 11.5. The van der Waals surface area contributed by atoms with Crippen molar-refractivity contribution in [3.8, 4) is 0 Å². The molecule has 102 valence electrons. The molecule has 0 spiro atoms. The lowest BCUT2D eigenvalue weighted by Crippen LogP contribution is -2.27. The summed E-state index contributed by atoms with van der Waals surface area (Å²) in [7, 11) is 0. The molecule has 0 radical (unpaired) electrons. The number of benzene rings is 1. The maximum Gasteiger partial charge on any atom is 0.123 e. The highest BCUT2D eigenvalue weighted by Gasteiger charge is 2.07. The summed E-state index contributed by atoms with van der Waals surface area (Å²) < 4.78 is 13.3. The molecule has 1 heterocycles. The van der Waals surface area contributed by atoms with Gasteiger partial charge in [-0.1, -0.05) is 13.0 Å². The minimum atomic E-state index is -0.176. The third kappa shape index (κ3) is 3.44. The lowest BCUT2D eigenvalue weighted by Gasteiger charge is -2.19. The number of halogens is 1. The zero-order valence-electron chi connectivity index (χ0n) is 11.5. The van der Waals surface area contributed by atoms with E-state index in [1.807, 2.05) is 12.3 Å². The second-order valence-electron chi connectivity index (χ2n) is 4.84. The Labute approximate surface area is 113 Å². The number of nitrogens with zero attached hydrogens (tertiary/aromatic N) is 1. The molecule has 0 saturated carbocycles. The van der Waals surface area contributed by atoms with Gasteiger partial charge in [-0.25, -0.2) is 4.39 Å². The van der Waals surface area contributed by atoms with Crippen LogP contribution in [0, 0.1) is 5.82 Å². The van der Waals surface area contributed by atoms with Crippen LogP contribution in [0.15, 0.2) is 37.1 Å². The van der Waals surface area contributed by atoms with E-state index >= 15 is 0 Å². The topological polar surface area (TPSA) is 19.0 Å². The third-order valence-electron chi connectivity index (χ3n) is 3.35. The van der Waals surface area contributed by atoms with E-state index in [1.54, 1.807) is 12.1 Å². The van der Waals surface area contributed by atoms with Crippen molar-refractivity contribution in [3.05, 3.63) is 48.4 Å². The Kier molecular flexibility index (Phi) is 4.74. The Morgan fingerprint density at radius 2 is 2.21 bits per heavy atom. The van der Waals surface area contributed by atoms with Crippen LogP contribution in [0.4, 0.5) is 4.39 Å². The first-order valence-corrected chi connectivity index (χ1v) is 6.83. The summed E-state index contributed by atoms with van der Waals surface area (Å²) in [5.41, 5.74) is 2.18. The highest BCUT2D eigenvalue weighted by Crippen LogP contribution is 2.20. The molecule has 1 N–H and O–H groups in total. The van der Waals surface area contributed by atoms with Gasteiger partial charge in [0, 0.05) is 30.2 Å². The van der Waals surface area contributed by atoms with Crippen LogP contribution in [0.25, 0.3) is 10.9 Å². The summed E-state index contributed by atoms with van der Waals surface area (Å²) >= 11 is 0. The van der Waals surface area contributed by atoms with Crippen LogP contribution in [0.2, 0.25) is 0 Å². The van der Waals surface area contributed by atoms with Crippen molar-refractivity contribution in [1.82, 2.24) is 9.88 Å². The van der Waals surface area contributed by atoms with E-state index in [0.29, 0.717) is 0 Å². The van der Waals surface area contributed by atoms with E-state index in [-0.39, 0.29) is 5.82 Å². The summed E-state index contributed by atoms with van der Waals surface area (Å²) in [6, 6.07) is 4.89.